The quantitative estimate of drug-likeness (QED) is 0.804. The van der Waals surface area contributed by atoms with Crippen LogP contribution >= 0.6 is 11.6 Å². The first-order valence-electron chi connectivity index (χ1n) is 6.26. The Morgan fingerprint density at radius 1 is 1.50 bits per heavy atom. The minimum Gasteiger partial charge on any atom is -0.344 e. The van der Waals surface area contributed by atoms with Crippen LogP contribution in [0.25, 0.3) is 0 Å². The SMILES string of the molecule is CCCCc1nc(Cl)c(CNC2CCC2)[nH]1. The van der Waals surface area contributed by atoms with Crippen LogP contribution in [0.1, 0.15) is 50.5 Å². The number of rotatable bonds is 6. The molecule has 1 fully saturated rings. The van der Waals surface area contributed by atoms with Crippen LogP contribution in [-0.4, -0.2) is 16.0 Å². The van der Waals surface area contributed by atoms with Gasteiger partial charge in [-0.1, -0.05) is 31.4 Å². The van der Waals surface area contributed by atoms with E-state index in [2.05, 4.69) is 22.2 Å². The Kier molecular flexibility index (Phi) is 4.24. The van der Waals surface area contributed by atoms with Crippen molar-refractivity contribution >= 4 is 11.6 Å². The Balaban J connectivity index is 1.84. The van der Waals surface area contributed by atoms with Crippen LogP contribution in [-0.2, 0) is 13.0 Å². The molecule has 0 amide bonds. The summed E-state index contributed by atoms with van der Waals surface area (Å²) in [6.45, 7) is 3.01. The van der Waals surface area contributed by atoms with Crippen LogP contribution < -0.4 is 5.32 Å². The second-order valence-corrected chi connectivity index (χ2v) is 4.92. The fraction of sp³-hybridized carbons (Fsp3) is 0.750. The normalized spacial score (nSPS) is 16.4. The average molecular weight is 242 g/mol. The molecule has 0 bridgehead atoms. The van der Waals surface area contributed by atoms with Crippen molar-refractivity contribution in [1.29, 1.82) is 0 Å². The smallest absolute Gasteiger partial charge is 0.151 e. The zero-order valence-electron chi connectivity index (χ0n) is 9.85. The highest BCUT2D eigenvalue weighted by atomic mass is 35.5. The number of aromatic amines is 1. The van der Waals surface area contributed by atoms with Gasteiger partial charge in [-0.05, 0) is 19.3 Å². The maximum atomic E-state index is 6.09. The lowest BCUT2D eigenvalue weighted by Crippen LogP contribution is -2.34. The van der Waals surface area contributed by atoms with E-state index in [1.54, 1.807) is 0 Å². The molecule has 0 radical (unpaired) electrons. The molecular weight excluding hydrogens is 222 g/mol. The van der Waals surface area contributed by atoms with Crippen molar-refractivity contribution in [3.63, 3.8) is 0 Å². The number of hydrogen-bond donors (Lipinski definition) is 2. The zero-order chi connectivity index (χ0) is 11.4. The lowest BCUT2D eigenvalue weighted by atomic mass is 9.93. The van der Waals surface area contributed by atoms with E-state index in [-0.39, 0.29) is 0 Å². The fourth-order valence-electron chi connectivity index (χ4n) is 1.88. The number of hydrogen-bond acceptors (Lipinski definition) is 2. The molecule has 4 heteroatoms. The molecule has 90 valence electrons. The molecule has 0 atom stereocenters. The molecule has 0 unspecified atom stereocenters. The summed E-state index contributed by atoms with van der Waals surface area (Å²) in [4.78, 5) is 7.65. The van der Waals surface area contributed by atoms with Gasteiger partial charge in [0, 0.05) is 19.0 Å². The average Bonchev–Trinajstić information content (AvgIpc) is 2.54. The van der Waals surface area contributed by atoms with Gasteiger partial charge in [-0.25, -0.2) is 4.98 Å². The molecule has 0 saturated heterocycles. The van der Waals surface area contributed by atoms with E-state index < -0.39 is 0 Å². The topological polar surface area (TPSA) is 40.7 Å². The minimum atomic E-state index is 0.637. The van der Waals surface area contributed by atoms with E-state index in [4.69, 9.17) is 11.6 Å². The molecule has 3 nitrogen and oxygen atoms in total. The first-order valence-corrected chi connectivity index (χ1v) is 6.64. The van der Waals surface area contributed by atoms with E-state index in [0.717, 1.165) is 24.5 Å². The first kappa shape index (κ1) is 11.9. The zero-order valence-corrected chi connectivity index (χ0v) is 10.6. The number of halogens is 1. The van der Waals surface area contributed by atoms with Crippen LogP contribution in [0, 0.1) is 0 Å². The van der Waals surface area contributed by atoms with Gasteiger partial charge in [0.15, 0.2) is 5.15 Å². The van der Waals surface area contributed by atoms with Gasteiger partial charge in [0.2, 0.25) is 0 Å². The van der Waals surface area contributed by atoms with E-state index in [0.29, 0.717) is 11.2 Å². The Morgan fingerprint density at radius 3 is 2.94 bits per heavy atom. The van der Waals surface area contributed by atoms with E-state index in [9.17, 15) is 0 Å². The summed E-state index contributed by atoms with van der Waals surface area (Å²) in [5.74, 6) is 1.03. The van der Waals surface area contributed by atoms with Gasteiger partial charge in [-0.15, -0.1) is 0 Å². The third kappa shape index (κ3) is 2.98. The number of imidazole rings is 1. The molecule has 0 aromatic carbocycles. The Morgan fingerprint density at radius 2 is 2.31 bits per heavy atom. The van der Waals surface area contributed by atoms with Crippen LogP contribution in [0.4, 0.5) is 0 Å². The Labute approximate surface area is 102 Å². The lowest BCUT2D eigenvalue weighted by molar-refractivity contribution is 0.337. The predicted molar refractivity (Wildman–Crippen MR) is 66.7 cm³/mol. The molecule has 2 N–H and O–H groups in total. The second-order valence-electron chi connectivity index (χ2n) is 4.57. The summed E-state index contributed by atoms with van der Waals surface area (Å²) < 4.78 is 0. The molecule has 0 spiro atoms. The van der Waals surface area contributed by atoms with Crippen LogP contribution in [0.3, 0.4) is 0 Å². The number of nitrogens with zero attached hydrogens (tertiary/aromatic N) is 1. The van der Waals surface area contributed by atoms with Crippen molar-refractivity contribution in [2.75, 3.05) is 0 Å². The van der Waals surface area contributed by atoms with Gasteiger partial charge in [-0.3, -0.25) is 0 Å². The summed E-state index contributed by atoms with van der Waals surface area (Å²) in [5, 5.41) is 4.13. The molecule has 16 heavy (non-hydrogen) atoms. The van der Waals surface area contributed by atoms with Crippen molar-refractivity contribution in [3.05, 3.63) is 16.7 Å². The maximum absolute atomic E-state index is 6.09. The van der Waals surface area contributed by atoms with Crippen molar-refractivity contribution in [2.45, 2.75) is 58.0 Å². The van der Waals surface area contributed by atoms with E-state index >= 15 is 0 Å². The Bertz CT molecular complexity index is 331. The van der Waals surface area contributed by atoms with Crippen LogP contribution in [0.2, 0.25) is 5.15 Å². The summed E-state index contributed by atoms with van der Waals surface area (Å²) in [5.41, 5.74) is 1.04. The minimum absolute atomic E-state index is 0.637. The molecule has 0 aliphatic heterocycles. The van der Waals surface area contributed by atoms with Crippen molar-refractivity contribution in [2.24, 2.45) is 0 Å². The monoisotopic (exact) mass is 241 g/mol. The van der Waals surface area contributed by atoms with Gasteiger partial charge in [0.05, 0.1) is 5.69 Å². The number of H-pyrrole nitrogens is 1. The van der Waals surface area contributed by atoms with E-state index in [1.807, 2.05) is 0 Å². The maximum Gasteiger partial charge on any atom is 0.151 e. The summed E-state index contributed by atoms with van der Waals surface area (Å²) in [6.07, 6.45) is 7.31. The highest BCUT2D eigenvalue weighted by Crippen LogP contribution is 2.20. The Hall–Kier alpha value is -0.540. The van der Waals surface area contributed by atoms with Crippen molar-refractivity contribution < 1.29 is 0 Å². The number of nitrogens with one attached hydrogen (secondary N) is 2. The molecule has 1 heterocycles. The number of aromatic nitrogens is 2. The first-order chi connectivity index (χ1) is 7.79. The molecule has 1 aliphatic rings. The van der Waals surface area contributed by atoms with Gasteiger partial charge in [-0.2, -0.15) is 0 Å². The molecule has 1 aromatic heterocycles. The van der Waals surface area contributed by atoms with E-state index in [1.165, 1.54) is 32.1 Å². The molecule has 1 aliphatic carbocycles. The summed E-state index contributed by atoms with van der Waals surface area (Å²) in [7, 11) is 0. The molecule has 1 saturated carbocycles. The number of aryl methyl sites for hydroxylation is 1. The third-order valence-electron chi connectivity index (χ3n) is 3.22. The van der Waals surface area contributed by atoms with Gasteiger partial charge in [0.25, 0.3) is 0 Å². The van der Waals surface area contributed by atoms with Crippen molar-refractivity contribution in [3.8, 4) is 0 Å². The summed E-state index contributed by atoms with van der Waals surface area (Å²) in [6, 6.07) is 0.693. The largest absolute Gasteiger partial charge is 0.344 e. The van der Waals surface area contributed by atoms with Crippen molar-refractivity contribution in [1.82, 2.24) is 15.3 Å². The molecule has 1 aromatic rings. The fourth-order valence-corrected chi connectivity index (χ4v) is 2.09. The van der Waals surface area contributed by atoms with Crippen LogP contribution in [0.15, 0.2) is 0 Å². The van der Waals surface area contributed by atoms with Gasteiger partial charge >= 0.3 is 0 Å². The predicted octanol–water partition coefficient (Wildman–Crippen LogP) is 3.05. The standard InChI is InChI=1S/C12H20ClN3/c1-2-3-7-11-15-10(12(13)16-11)8-14-9-5-4-6-9/h9,14H,2-8H2,1H3,(H,15,16). The highest BCUT2D eigenvalue weighted by molar-refractivity contribution is 6.30. The lowest BCUT2D eigenvalue weighted by Gasteiger charge is -2.26. The highest BCUT2D eigenvalue weighted by Gasteiger charge is 2.17. The molecular formula is C12H20ClN3. The van der Waals surface area contributed by atoms with Gasteiger partial charge in [0.1, 0.15) is 5.82 Å². The second kappa shape index (κ2) is 5.69. The van der Waals surface area contributed by atoms with Gasteiger partial charge < -0.3 is 10.3 Å². The van der Waals surface area contributed by atoms with Crippen LogP contribution in [0.5, 0.6) is 0 Å². The number of unbranched alkanes of at least 4 members (excludes halogenated alkanes) is 1. The summed E-state index contributed by atoms with van der Waals surface area (Å²) >= 11 is 6.09. The molecule has 2 rings (SSSR count). The third-order valence-corrected chi connectivity index (χ3v) is 3.53.